The van der Waals surface area contributed by atoms with Crippen LogP contribution in [0.3, 0.4) is 0 Å². The van der Waals surface area contributed by atoms with Crippen LogP contribution >= 0.6 is 0 Å². The van der Waals surface area contributed by atoms with Crippen molar-refractivity contribution < 1.29 is 4.79 Å². The minimum absolute atomic E-state index is 0.0205. The Morgan fingerprint density at radius 1 is 0.882 bits per heavy atom. The van der Waals surface area contributed by atoms with Gasteiger partial charge < -0.3 is 14.5 Å². The number of benzene rings is 2. The lowest BCUT2D eigenvalue weighted by Crippen LogP contribution is -2.24. The number of nitrogens with one attached hydrogen (secondary N) is 1. The zero-order valence-electron chi connectivity index (χ0n) is 19.1. The highest BCUT2D eigenvalue weighted by atomic mass is 16.2. The fraction of sp³-hybridized carbons (Fsp3) is 0.250. The number of pyridine rings is 1. The number of nitrogens with zero attached hydrogens (tertiary/aromatic N) is 3. The van der Waals surface area contributed by atoms with E-state index in [-0.39, 0.29) is 11.5 Å². The van der Waals surface area contributed by atoms with Crippen LogP contribution in [0.5, 0.6) is 0 Å². The molecule has 1 amide bonds. The third-order valence-corrected chi connectivity index (χ3v) is 6.34. The molecule has 0 bridgehead atoms. The van der Waals surface area contributed by atoms with Gasteiger partial charge in [-0.05, 0) is 36.5 Å². The summed E-state index contributed by atoms with van der Waals surface area (Å²) in [5.41, 5.74) is 4.64. The van der Waals surface area contributed by atoms with Crippen molar-refractivity contribution in [2.75, 3.05) is 0 Å². The van der Waals surface area contributed by atoms with Crippen molar-refractivity contribution in [3.05, 3.63) is 112 Å². The average molecular weight is 453 g/mol. The third-order valence-electron chi connectivity index (χ3n) is 6.34. The van der Waals surface area contributed by atoms with Crippen LogP contribution in [0.2, 0.25) is 0 Å². The van der Waals surface area contributed by atoms with Crippen LogP contribution in [0.25, 0.3) is 11.4 Å². The van der Waals surface area contributed by atoms with Gasteiger partial charge in [0.25, 0.3) is 11.5 Å². The van der Waals surface area contributed by atoms with Gasteiger partial charge in [-0.3, -0.25) is 9.59 Å². The SMILES string of the molecule is O=C(NCc1ccc(Cn2ccccc2=O)cc1)c1nc(-c2ccccc2)n2c1CCCCC2. The second-order valence-electron chi connectivity index (χ2n) is 8.72. The average Bonchev–Trinajstić information content (AvgIpc) is 3.06. The van der Waals surface area contributed by atoms with E-state index in [0.29, 0.717) is 18.8 Å². The summed E-state index contributed by atoms with van der Waals surface area (Å²) in [5.74, 6) is 0.746. The minimum atomic E-state index is -0.132. The van der Waals surface area contributed by atoms with E-state index < -0.39 is 0 Å². The summed E-state index contributed by atoms with van der Waals surface area (Å²) in [4.78, 5) is 29.9. The topological polar surface area (TPSA) is 68.9 Å². The standard InChI is InChI=1S/C28H28N4O2/c33-25-12-6-8-17-31(25)20-22-15-13-21(14-16-22)19-29-28(34)26-24-11-5-2-7-18-32(24)27(30-26)23-9-3-1-4-10-23/h1,3-4,6,8-10,12-17H,2,5,7,11,18-20H2,(H,29,34). The number of hydrogen-bond donors (Lipinski definition) is 1. The molecule has 1 aliphatic heterocycles. The first-order chi connectivity index (χ1) is 16.7. The molecular formula is C28H28N4O2. The summed E-state index contributed by atoms with van der Waals surface area (Å²) < 4.78 is 3.91. The van der Waals surface area contributed by atoms with Crippen molar-refractivity contribution in [2.45, 2.75) is 45.3 Å². The van der Waals surface area contributed by atoms with Gasteiger partial charge >= 0.3 is 0 Å². The number of fused-ring (bicyclic) bond motifs is 1. The van der Waals surface area contributed by atoms with Crippen LogP contribution in [0.4, 0.5) is 0 Å². The smallest absolute Gasteiger partial charge is 0.272 e. The molecule has 0 unspecified atom stereocenters. The molecule has 172 valence electrons. The maximum absolute atomic E-state index is 13.2. The van der Waals surface area contributed by atoms with Gasteiger partial charge in [0.1, 0.15) is 11.5 Å². The minimum Gasteiger partial charge on any atom is -0.347 e. The fourth-order valence-electron chi connectivity index (χ4n) is 4.53. The highest BCUT2D eigenvalue weighted by Crippen LogP contribution is 2.27. The molecule has 2 aromatic carbocycles. The van der Waals surface area contributed by atoms with Gasteiger partial charge in [0.15, 0.2) is 0 Å². The van der Waals surface area contributed by atoms with Crippen molar-refractivity contribution in [3.8, 4) is 11.4 Å². The van der Waals surface area contributed by atoms with Crippen molar-refractivity contribution in [1.29, 1.82) is 0 Å². The van der Waals surface area contributed by atoms with Crippen molar-refractivity contribution in [3.63, 3.8) is 0 Å². The Hall–Kier alpha value is -3.93. The largest absolute Gasteiger partial charge is 0.347 e. The predicted octanol–water partition coefficient (Wildman–Crippen LogP) is 4.42. The van der Waals surface area contributed by atoms with Crippen molar-refractivity contribution >= 4 is 5.91 Å². The molecule has 34 heavy (non-hydrogen) atoms. The summed E-state index contributed by atoms with van der Waals surface area (Å²) in [7, 11) is 0. The maximum atomic E-state index is 13.2. The number of carbonyl (C=O) groups excluding carboxylic acids is 1. The Kier molecular flexibility index (Phi) is 6.38. The molecule has 1 N–H and O–H groups in total. The van der Waals surface area contributed by atoms with Crippen LogP contribution in [-0.4, -0.2) is 20.0 Å². The number of amides is 1. The first kappa shape index (κ1) is 21.9. The lowest BCUT2D eigenvalue weighted by Gasteiger charge is -2.09. The van der Waals surface area contributed by atoms with Gasteiger partial charge in [-0.25, -0.2) is 4.98 Å². The number of imidazole rings is 1. The summed E-state index contributed by atoms with van der Waals surface area (Å²) >= 11 is 0. The molecule has 1 aliphatic rings. The Bertz CT molecular complexity index is 1340. The van der Waals surface area contributed by atoms with Crippen LogP contribution in [0, 0.1) is 0 Å². The lowest BCUT2D eigenvalue weighted by molar-refractivity contribution is 0.0945. The molecular weight excluding hydrogens is 424 g/mol. The first-order valence-electron chi connectivity index (χ1n) is 11.9. The van der Waals surface area contributed by atoms with Crippen molar-refractivity contribution in [1.82, 2.24) is 19.4 Å². The summed E-state index contributed by atoms with van der Waals surface area (Å²) in [6.45, 7) is 1.85. The van der Waals surface area contributed by atoms with E-state index in [2.05, 4.69) is 9.88 Å². The van der Waals surface area contributed by atoms with E-state index >= 15 is 0 Å². The first-order valence-corrected chi connectivity index (χ1v) is 11.9. The molecule has 0 radical (unpaired) electrons. The molecule has 0 aliphatic carbocycles. The summed E-state index contributed by atoms with van der Waals surface area (Å²) in [6.07, 6.45) is 6.00. The van der Waals surface area contributed by atoms with Gasteiger partial charge in [-0.1, -0.05) is 67.1 Å². The number of aromatic nitrogens is 3. The van der Waals surface area contributed by atoms with Crippen LogP contribution in [0.15, 0.2) is 83.8 Å². The highest BCUT2D eigenvalue weighted by Gasteiger charge is 2.24. The van der Waals surface area contributed by atoms with E-state index in [1.807, 2.05) is 60.7 Å². The molecule has 6 heteroatoms. The van der Waals surface area contributed by atoms with E-state index in [1.165, 1.54) is 6.42 Å². The number of carbonyl (C=O) groups is 1. The Morgan fingerprint density at radius 3 is 2.44 bits per heavy atom. The zero-order chi connectivity index (χ0) is 23.3. The Balaban J connectivity index is 1.30. The molecule has 4 aromatic rings. The van der Waals surface area contributed by atoms with Gasteiger partial charge in [0.2, 0.25) is 0 Å². The molecule has 0 saturated carbocycles. The second-order valence-corrected chi connectivity index (χ2v) is 8.72. The molecule has 0 saturated heterocycles. The Morgan fingerprint density at radius 2 is 1.65 bits per heavy atom. The van der Waals surface area contributed by atoms with E-state index in [4.69, 9.17) is 4.98 Å². The molecule has 0 atom stereocenters. The predicted molar refractivity (Wildman–Crippen MR) is 133 cm³/mol. The normalized spacial score (nSPS) is 13.2. The van der Waals surface area contributed by atoms with E-state index in [0.717, 1.165) is 54.0 Å². The van der Waals surface area contributed by atoms with E-state index in [9.17, 15) is 9.59 Å². The number of rotatable bonds is 6. The third kappa shape index (κ3) is 4.71. The highest BCUT2D eigenvalue weighted by molar-refractivity contribution is 5.94. The van der Waals surface area contributed by atoms with Gasteiger partial charge in [0, 0.05) is 30.9 Å². The van der Waals surface area contributed by atoms with Gasteiger partial charge in [0.05, 0.1) is 12.2 Å². The van der Waals surface area contributed by atoms with Crippen LogP contribution in [0.1, 0.15) is 46.6 Å². The Labute approximate surface area is 198 Å². The molecule has 0 fully saturated rings. The monoisotopic (exact) mass is 452 g/mol. The summed E-state index contributed by atoms with van der Waals surface area (Å²) in [5, 5.41) is 3.06. The zero-order valence-corrected chi connectivity index (χ0v) is 19.1. The number of hydrogen-bond acceptors (Lipinski definition) is 3. The van der Waals surface area contributed by atoms with E-state index in [1.54, 1.807) is 22.9 Å². The quantitative estimate of drug-likeness (QED) is 0.471. The fourth-order valence-corrected chi connectivity index (χ4v) is 4.53. The molecule has 2 aromatic heterocycles. The second kappa shape index (κ2) is 9.91. The maximum Gasteiger partial charge on any atom is 0.272 e. The lowest BCUT2D eigenvalue weighted by atomic mass is 10.1. The molecule has 5 rings (SSSR count). The summed E-state index contributed by atoms with van der Waals surface area (Å²) in [6, 6.07) is 23.2. The van der Waals surface area contributed by atoms with Crippen LogP contribution in [-0.2, 0) is 26.1 Å². The molecule has 3 heterocycles. The van der Waals surface area contributed by atoms with Gasteiger partial charge in [-0.2, -0.15) is 0 Å². The van der Waals surface area contributed by atoms with Crippen LogP contribution < -0.4 is 10.9 Å². The molecule has 6 nitrogen and oxygen atoms in total. The van der Waals surface area contributed by atoms with Crippen molar-refractivity contribution in [2.24, 2.45) is 0 Å². The molecule has 0 spiro atoms. The van der Waals surface area contributed by atoms with Gasteiger partial charge in [-0.15, -0.1) is 0 Å².